The summed E-state index contributed by atoms with van der Waals surface area (Å²) in [6, 6.07) is 8.42. The van der Waals surface area contributed by atoms with Crippen LogP contribution in [0.5, 0.6) is 11.5 Å². The van der Waals surface area contributed by atoms with Crippen molar-refractivity contribution < 1.29 is 9.47 Å². The van der Waals surface area contributed by atoms with Crippen molar-refractivity contribution in [1.29, 1.82) is 0 Å². The standard InChI is InChI=1S/C15H18N4O2/c1-2-4-15-14(3-1)20-10-13(21-15)9-19-8-12(17-18-19)7-16-11-5-6-11/h1-4,8,11,13,16H,5-7,9-10H2. The average Bonchev–Trinajstić information content (AvgIpc) is 3.25. The second-order valence-corrected chi connectivity index (χ2v) is 5.58. The van der Waals surface area contributed by atoms with Crippen LogP contribution in [0.4, 0.5) is 0 Å². The molecule has 0 saturated heterocycles. The summed E-state index contributed by atoms with van der Waals surface area (Å²) in [6.45, 7) is 1.97. The van der Waals surface area contributed by atoms with E-state index in [0.717, 1.165) is 23.7 Å². The molecule has 1 aromatic carbocycles. The van der Waals surface area contributed by atoms with Gasteiger partial charge < -0.3 is 14.8 Å². The van der Waals surface area contributed by atoms with Crippen LogP contribution in [0.25, 0.3) is 0 Å². The van der Waals surface area contributed by atoms with Gasteiger partial charge in [-0.05, 0) is 25.0 Å². The highest BCUT2D eigenvalue weighted by Crippen LogP contribution is 2.31. The topological polar surface area (TPSA) is 61.2 Å². The lowest BCUT2D eigenvalue weighted by atomic mass is 10.2. The summed E-state index contributed by atoms with van der Waals surface area (Å²) in [7, 11) is 0. The molecule has 0 spiro atoms. The normalized spacial score (nSPS) is 20.5. The van der Waals surface area contributed by atoms with Gasteiger partial charge in [-0.1, -0.05) is 17.3 Å². The molecular formula is C15H18N4O2. The summed E-state index contributed by atoms with van der Waals surface area (Å²) in [5.41, 5.74) is 0.971. The largest absolute Gasteiger partial charge is 0.486 e. The molecule has 1 aromatic heterocycles. The van der Waals surface area contributed by atoms with E-state index in [2.05, 4.69) is 15.6 Å². The molecule has 1 N–H and O–H groups in total. The third kappa shape index (κ3) is 3.00. The van der Waals surface area contributed by atoms with Crippen molar-refractivity contribution in [2.45, 2.75) is 38.1 Å². The first-order valence-corrected chi connectivity index (χ1v) is 7.38. The van der Waals surface area contributed by atoms with Gasteiger partial charge >= 0.3 is 0 Å². The quantitative estimate of drug-likeness (QED) is 0.899. The van der Waals surface area contributed by atoms with Crippen LogP contribution >= 0.6 is 0 Å². The lowest BCUT2D eigenvalue weighted by Crippen LogP contribution is -2.33. The van der Waals surface area contributed by atoms with Crippen LogP contribution in [-0.2, 0) is 13.1 Å². The fourth-order valence-corrected chi connectivity index (χ4v) is 2.41. The molecule has 4 rings (SSSR count). The first-order chi connectivity index (χ1) is 10.4. The summed E-state index contributed by atoms with van der Waals surface area (Å²) in [6.07, 6.45) is 4.49. The molecule has 0 bridgehead atoms. The molecule has 21 heavy (non-hydrogen) atoms. The van der Waals surface area contributed by atoms with E-state index >= 15 is 0 Å². The Kier molecular flexibility index (Phi) is 3.23. The lowest BCUT2D eigenvalue weighted by molar-refractivity contribution is 0.0755. The van der Waals surface area contributed by atoms with E-state index in [4.69, 9.17) is 9.47 Å². The molecule has 1 aliphatic heterocycles. The molecular weight excluding hydrogens is 268 g/mol. The summed E-state index contributed by atoms with van der Waals surface area (Å²) in [5.74, 6) is 1.60. The summed E-state index contributed by atoms with van der Waals surface area (Å²) in [5, 5.41) is 11.8. The number of para-hydroxylation sites is 2. The van der Waals surface area contributed by atoms with Gasteiger partial charge in [0.1, 0.15) is 6.61 Å². The minimum absolute atomic E-state index is 0.0363. The Labute approximate surface area is 123 Å². The van der Waals surface area contributed by atoms with E-state index in [-0.39, 0.29) is 6.10 Å². The van der Waals surface area contributed by atoms with E-state index in [1.807, 2.05) is 35.1 Å². The van der Waals surface area contributed by atoms with Gasteiger partial charge in [0.2, 0.25) is 0 Å². The van der Waals surface area contributed by atoms with Gasteiger partial charge in [0.05, 0.1) is 12.2 Å². The Morgan fingerprint density at radius 1 is 1.24 bits per heavy atom. The van der Waals surface area contributed by atoms with Gasteiger partial charge in [-0.2, -0.15) is 0 Å². The molecule has 0 amide bonds. The molecule has 6 nitrogen and oxygen atoms in total. The number of aromatic nitrogens is 3. The van der Waals surface area contributed by atoms with Crippen molar-refractivity contribution >= 4 is 0 Å². The fourth-order valence-electron chi connectivity index (χ4n) is 2.41. The summed E-state index contributed by atoms with van der Waals surface area (Å²) < 4.78 is 13.5. The Bertz CT molecular complexity index is 624. The van der Waals surface area contributed by atoms with Crippen molar-refractivity contribution in [3.63, 3.8) is 0 Å². The van der Waals surface area contributed by atoms with Crippen LogP contribution in [0, 0.1) is 0 Å². The van der Waals surface area contributed by atoms with Crippen molar-refractivity contribution in [3.8, 4) is 11.5 Å². The summed E-state index contributed by atoms with van der Waals surface area (Å²) in [4.78, 5) is 0. The van der Waals surface area contributed by atoms with Crippen LogP contribution in [0.15, 0.2) is 30.5 Å². The predicted molar refractivity (Wildman–Crippen MR) is 76.2 cm³/mol. The molecule has 6 heteroatoms. The summed E-state index contributed by atoms with van der Waals surface area (Å²) >= 11 is 0. The molecule has 2 heterocycles. The second kappa shape index (κ2) is 5.37. The second-order valence-electron chi connectivity index (χ2n) is 5.58. The van der Waals surface area contributed by atoms with Gasteiger partial charge in [-0.25, -0.2) is 4.68 Å². The zero-order chi connectivity index (χ0) is 14.1. The highest BCUT2D eigenvalue weighted by molar-refractivity contribution is 5.40. The zero-order valence-electron chi connectivity index (χ0n) is 11.7. The first kappa shape index (κ1) is 12.6. The van der Waals surface area contributed by atoms with Gasteiger partial charge in [-0.15, -0.1) is 5.10 Å². The van der Waals surface area contributed by atoms with Gasteiger partial charge in [0, 0.05) is 18.8 Å². The number of fused-ring (bicyclic) bond motifs is 1. The third-order valence-corrected chi connectivity index (χ3v) is 3.69. The maximum Gasteiger partial charge on any atom is 0.161 e. The fraction of sp³-hybridized carbons (Fsp3) is 0.467. The lowest BCUT2D eigenvalue weighted by Gasteiger charge is -2.26. The van der Waals surface area contributed by atoms with Gasteiger partial charge in [0.25, 0.3) is 0 Å². The number of nitrogens with zero attached hydrogens (tertiary/aromatic N) is 3. The highest BCUT2D eigenvalue weighted by atomic mass is 16.6. The Balaban J connectivity index is 1.35. The Morgan fingerprint density at radius 3 is 2.95 bits per heavy atom. The van der Waals surface area contributed by atoms with Crippen molar-refractivity contribution in [2.24, 2.45) is 0 Å². The van der Waals surface area contributed by atoms with Crippen LogP contribution in [0.1, 0.15) is 18.5 Å². The third-order valence-electron chi connectivity index (χ3n) is 3.69. The predicted octanol–water partition coefficient (Wildman–Crippen LogP) is 1.37. The monoisotopic (exact) mass is 286 g/mol. The maximum absolute atomic E-state index is 5.92. The molecule has 1 aliphatic carbocycles. The Morgan fingerprint density at radius 2 is 2.10 bits per heavy atom. The Hall–Kier alpha value is -2.08. The van der Waals surface area contributed by atoms with E-state index in [1.54, 1.807) is 0 Å². The number of benzene rings is 1. The molecule has 1 unspecified atom stereocenters. The number of rotatable bonds is 5. The zero-order valence-corrected chi connectivity index (χ0v) is 11.7. The molecule has 1 atom stereocenters. The van der Waals surface area contributed by atoms with Crippen LogP contribution in [0.3, 0.4) is 0 Å². The first-order valence-electron chi connectivity index (χ1n) is 7.38. The smallest absolute Gasteiger partial charge is 0.161 e. The van der Waals surface area contributed by atoms with Crippen LogP contribution in [-0.4, -0.2) is 33.7 Å². The van der Waals surface area contributed by atoms with Crippen LogP contribution < -0.4 is 14.8 Å². The van der Waals surface area contributed by atoms with E-state index < -0.39 is 0 Å². The minimum atomic E-state index is -0.0363. The number of nitrogens with one attached hydrogen (secondary N) is 1. The molecule has 2 aliphatic rings. The number of hydrogen-bond donors (Lipinski definition) is 1. The van der Waals surface area contributed by atoms with E-state index in [1.165, 1.54) is 12.8 Å². The average molecular weight is 286 g/mol. The van der Waals surface area contributed by atoms with Gasteiger partial charge in [0.15, 0.2) is 17.6 Å². The van der Waals surface area contributed by atoms with E-state index in [9.17, 15) is 0 Å². The number of ether oxygens (including phenoxy) is 2. The number of hydrogen-bond acceptors (Lipinski definition) is 5. The van der Waals surface area contributed by atoms with Crippen molar-refractivity contribution in [3.05, 3.63) is 36.2 Å². The highest BCUT2D eigenvalue weighted by Gasteiger charge is 2.22. The maximum atomic E-state index is 5.92. The molecule has 1 fully saturated rings. The molecule has 2 aromatic rings. The van der Waals surface area contributed by atoms with Crippen molar-refractivity contribution in [1.82, 2.24) is 20.3 Å². The minimum Gasteiger partial charge on any atom is -0.486 e. The van der Waals surface area contributed by atoms with E-state index in [0.29, 0.717) is 19.2 Å². The molecule has 110 valence electrons. The van der Waals surface area contributed by atoms with Crippen molar-refractivity contribution in [2.75, 3.05) is 6.61 Å². The van der Waals surface area contributed by atoms with Gasteiger partial charge in [-0.3, -0.25) is 0 Å². The van der Waals surface area contributed by atoms with Crippen LogP contribution in [0.2, 0.25) is 0 Å². The molecule has 1 saturated carbocycles. The molecule has 0 radical (unpaired) electrons. The SMILES string of the molecule is c1ccc2c(c1)OCC(Cn1cc(CNC3CC3)nn1)O2.